The molecule has 3 atom stereocenters. The monoisotopic (exact) mass is 234 g/mol. The zero-order chi connectivity index (χ0) is 12.0. The Labute approximate surface area is 101 Å². The van der Waals surface area contributed by atoms with E-state index in [1.165, 1.54) is 0 Å². The number of aliphatic hydroxyl groups excluding tert-OH is 1. The Morgan fingerprint density at radius 1 is 1.35 bits per heavy atom. The largest absolute Gasteiger partial charge is 0.393 e. The SMILES string of the molecule is Cc1cc(N2CC3CCC(O)C3C2)nc(N)n1. The zero-order valence-electron chi connectivity index (χ0n) is 10.0. The summed E-state index contributed by atoms with van der Waals surface area (Å²) in [5.41, 5.74) is 6.57. The first kappa shape index (κ1) is 10.8. The summed E-state index contributed by atoms with van der Waals surface area (Å²) < 4.78 is 0. The molecule has 0 aromatic carbocycles. The van der Waals surface area contributed by atoms with Crippen LogP contribution in [0.15, 0.2) is 6.07 Å². The van der Waals surface area contributed by atoms with Gasteiger partial charge in [-0.2, -0.15) is 4.98 Å². The van der Waals surface area contributed by atoms with Crippen molar-refractivity contribution in [3.05, 3.63) is 11.8 Å². The van der Waals surface area contributed by atoms with Crippen LogP contribution in [-0.2, 0) is 0 Å². The molecular weight excluding hydrogens is 216 g/mol. The molecular formula is C12H18N4O. The normalized spacial score (nSPS) is 31.9. The van der Waals surface area contributed by atoms with E-state index in [1.807, 2.05) is 13.0 Å². The topological polar surface area (TPSA) is 75.3 Å². The van der Waals surface area contributed by atoms with Crippen molar-refractivity contribution in [2.24, 2.45) is 11.8 Å². The van der Waals surface area contributed by atoms with E-state index >= 15 is 0 Å². The van der Waals surface area contributed by atoms with E-state index in [0.29, 0.717) is 17.8 Å². The number of aryl methyl sites for hydroxylation is 1. The molecule has 5 nitrogen and oxygen atoms in total. The Morgan fingerprint density at radius 2 is 2.18 bits per heavy atom. The van der Waals surface area contributed by atoms with Gasteiger partial charge in [0.25, 0.3) is 0 Å². The molecule has 5 heteroatoms. The molecule has 1 saturated heterocycles. The molecule has 1 aliphatic carbocycles. The van der Waals surface area contributed by atoms with Crippen molar-refractivity contribution < 1.29 is 5.11 Å². The van der Waals surface area contributed by atoms with Crippen LogP contribution in [0.3, 0.4) is 0 Å². The predicted molar refractivity (Wildman–Crippen MR) is 65.6 cm³/mol. The van der Waals surface area contributed by atoms with Crippen molar-refractivity contribution >= 4 is 11.8 Å². The van der Waals surface area contributed by atoms with E-state index in [-0.39, 0.29) is 6.10 Å². The van der Waals surface area contributed by atoms with Gasteiger partial charge in [-0.3, -0.25) is 0 Å². The molecule has 3 rings (SSSR count). The van der Waals surface area contributed by atoms with Crippen molar-refractivity contribution in [2.45, 2.75) is 25.9 Å². The van der Waals surface area contributed by atoms with Gasteiger partial charge in [-0.1, -0.05) is 0 Å². The van der Waals surface area contributed by atoms with Gasteiger partial charge in [0, 0.05) is 30.8 Å². The maximum Gasteiger partial charge on any atom is 0.222 e. The molecule has 17 heavy (non-hydrogen) atoms. The third-order valence-electron chi connectivity index (χ3n) is 4.00. The zero-order valence-corrected chi connectivity index (χ0v) is 10.0. The van der Waals surface area contributed by atoms with Crippen LogP contribution in [0, 0.1) is 18.8 Å². The molecule has 2 fully saturated rings. The van der Waals surface area contributed by atoms with Crippen molar-refractivity contribution in [2.75, 3.05) is 23.7 Å². The van der Waals surface area contributed by atoms with Crippen LogP contribution in [0.1, 0.15) is 18.5 Å². The fourth-order valence-electron chi connectivity index (χ4n) is 3.16. The fourth-order valence-corrected chi connectivity index (χ4v) is 3.16. The Balaban J connectivity index is 1.82. The Kier molecular flexibility index (Phi) is 2.43. The van der Waals surface area contributed by atoms with Gasteiger partial charge in [-0.25, -0.2) is 4.98 Å². The standard InChI is InChI=1S/C12H18N4O/c1-7-4-11(15-12(13)14-7)16-5-8-2-3-10(17)9(8)6-16/h4,8-10,17H,2-3,5-6H2,1H3,(H2,13,14,15). The molecule has 2 aliphatic rings. The van der Waals surface area contributed by atoms with Gasteiger partial charge >= 0.3 is 0 Å². The number of nitrogens with zero attached hydrogens (tertiary/aromatic N) is 3. The van der Waals surface area contributed by atoms with Crippen LogP contribution >= 0.6 is 0 Å². The maximum absolute atomic E-state index is 9.89. The van der Waals surface area contributed by atoms with Gasteiger partial charge in [-0.15, -0.1) is 0 Å². The smallest absolute Gasteiger partial charge is 0.222 e. The summed E-state index contributed by atoms with van der Waals surface area (Å²) >= 11 is 0. The van der Waals surface area contributed by atoms with Gasteiger partial charge in [0.2, 0.25) is 5.95 Å². The van der Waals surface area contributed by atoms with Crippen molar-refractivity contribution in [3.8, 4) is 0 Å². The molecule has 2 heterocycles. The second-order valence-electron chi connectivity index (χ2n) is 5.20. The number of nitrogens with two attached hydrogens (primary N) is 1. The Morgan fingerprint density at radius 3 is 2.88 bits per heavy atom. The van der Waals surface area contributed by atoms with E-state index < -0.39 is 0 Å². The molecule has 0 spiro atoms. The molecule has 92 valence electrons. The number of rotatable bonds is 1. The second kappa shape index (κ2) is 3.84. The van der Waals surface area contributed by atoms with E-state index in [0.717, 1.165) is 37.4 Å². The molecule has 0 amide bonds. The van der Waals surface area contributed by atoms with E-state index in [4.69, 9.17) is 5.73 Å². The quantitative estimate of drug-likeness (QED) is 0.743. The third kappa shape index (κ3) is 1.84. The van der Waals surface area contributed by atoms with Crippen molar-refractivity contribution in [1.82, 2.24) is 9.97 Å². The minimum absolute atomic E-state index is 0.134. The molecule has 3 N–H and O–H groups in total. The number of hydrogen-bond donors (Lipinski definition) is 2. The number of aliphatic hydroxyl groups is 1. The van der Waals surface area contributed by atoms with Crippen LogP contribution in [0.2, 0.25) is 0 Å². The molecule has 1 aromatic rings. The molecule has 0 radical (unpaired) electrons. The highest BCUT2D eigenvalue weighted by molar-refractivity contribution is 5.44. The molecule has 3 unspecified atom stereocenters. The molecule has 0 bridgehead atoms. The summed E-state index contributed by atoms with van der Waals surface area (Å²) in [6, 6.07) is 1.96. The third-order valence-corrected chi connectivity index (χ3v) is 4.00. The number of fused-ring (bicyclic) bond motifs is 1. The van der Waals surface area contributed by atoms with Crippen LogP contribution in [0.5, 0.6) is 0 Å². The number of anilines is 2. The van der Waals surface area contributed by atoms with Gasteiger partial charge < -0.3 is 15.7 Å². The van der Waals surface area contributed by atoms with Crippen LogP contribution < -0.4 is 10.6 Å². The lowest BCUT2D eigenvalue weighted by Crippen LogP contribution is -2.25. The summed E-state index contributed by atoms with van der Waals surface area (Å²) in [6.45, 7) is 3.80. The average molecular weight is 234 g/mol. The average Bonchev–Trinajstić information content (AvgIpc) is 2.80. The maximum atomic E-state index is 9.89. The first-order valence-corrected chi connectivity index (χ1v) is 6.17. The summed E-state index contributed by atoms with van der Waals surface area (Å²) in [6.07, 6.45) is 1.95. The fraction of sp³-hybridized carbons (Fsp3) is 0.667. The summed E-state index contributed by atoms with van der Waals surface area (Å²) in [4.78, 5) is 10.6. The first-order chi connectivity index (χ1) is 8.13. The number of hydrogen-bond acceptors (Lipinski definition) is 5. The van der Waals surface area contributed by atoms with Crippen molar-refractivity contribution in [1.29, 1.82) is 0 Å². The van der Waals surface area contributed by atoms with E-state index in [1.54, 1.807) is 0 Å². The van der Waals surface area contributed by atoms with E-state index in [2.05, 4.69) is 14.9 Å². The second-order valence-corrected chi connectivity index (χ2v) is 5.20. The minimum atomic E-state index is -0.134. The highest BCUT2D eigenvalue weighted by Gasteiger charge is 2.42. The van der Waals surface area contributed by atoms with Crippen LogP contribution in [0.4, 0.5) is 11.8 Å². The Hall–Kier alpha value is -1.36. The van der Waals surface area contributed by atoms with Gasteiger partial charge in [-0.05, 0) is 25.7 Å². The molecule has 1 aromatic heterocycles. The van der Waals surface area contributed by atoms with Gasteiger partial charge in [0.1, 0.15) is 5.82 Å². The highest BCUT2D eigenvalue weighted by atomic mass is 16.3. The number of nitrogen functional groups attached to an aromatic ring is 1. The first-order valence-electron chi connectivity index (χ1n) is 6.17. The molecule has 1 aliphatic heterocycles. The summed E-state index contributed by atoms with van der Waals surface area (Å²) in [5.74, 6) is 2.25. The van der Waals surface area contributed by atoms with Crippen molar-refractivity contribution in [3.63, 3.8) is 0 Å². The van der Waals surface area contributed by atoms with Gasteiger partial charge in [0.15, 0.2) is 0 Å². The Bertz CT molecular complexity index is 416. The van der Waals surface area contributed by atoms with E-state index in [9.17, 15) is 5.11 Å². The molecule has 1 saturated carbocycles. The highest BCUT2D eigenvalue weighted by Crippen LogP contribution is 2.39. The lowest BCUT2D eigenvalue weighted by Gasteiger charge is -2.19. The van der Waals surface area contributed by atoms with Gasteiger partial charge in [0.05, 0.1) is 6.10 Å². The number of aromatic nitrogens is 2. The van der Waals surface area contributed by atoms with Crippen LogP contribution in [0.25, 0.3) is 0 Å². The van der Waals surface area contributed by atoms with Crippen LogP contribution in [-0.4, -0.2) is 34.3 Å². The predicted octanol–water partition coefficient (Wildman–Crippen LogP) is 0.574. The lowest BCUT2D eigenvalue weighted by molar-refractivity contribution is 0.133. The summed E-state index contributed by atoms with van der Waals surface area (Å²) in [5, 5.41) is 9.89. The summed E-state index contributed by atoms with van der Waals surface area (Å²) in [7, 11) is 0. The lowest BCUT2D eigenvalue weighted by atomic mass is 10.00. The minimum Gasteiger partial charge on any atom is -0.393 e.